The predicted molar refractivity (Wildman–Crippen MR) is 108 cm³/mol. The van der Waals surface area contributed by atoms with Gasteiger partial charge < -0.3 is 0 Å². The van der Waals surface area contributed by atoms with Gasteiger partial charge in [-0.05, 0) is 35.8 Å². The van der Waals surface area contributed by atoms with Crippen molar-refractivity contribution in [3.63, 3.8) is 0 Å². The minimum atomic E-state index is -0.573. The standard InChI is InChI=1S/C23H22NP/c1-2-9-20(18-24)19-14-16-23(17-15-19)25(21-10-5-3-6-11-21)22-12-7-4-8-13-22/h3-8,10-17,20H,2,9H2,1H3. The molecule has 1 nitrogen and oxygen atoms in total. The maximum Gasteiger partial charge on any atom is 0.0712 e. The summed E-state index contributed by atoms with van der Waals surface area (Å²) in [5, 5.41) is 13.4. The van der Waals surface area contributed by atoms with E-state index in [0.29, 0.717) is 0 Å². The zero-order valence-corrected chi connectivity index (χ0v) is 15.4. The van der Waals surface area contributed by atoms with Crippen LogP contribution in [0.2, 0.25) is 0 Å². The van der Waals surface area contributed by atoms with Crippen LogP contribution < -0.4 is 15.9 Å². The Morgan fingerprint density at radius 3 is 1.68 bits per heavy atom. The summed E-state index contributed by atoms with van der Waals surface area (Å²) in [6.07, 6.45) is 1.95. The van der Waals surface area contributed by atoms with Crippen LogP contribution in [0.1, 0.15) is 31.2 Å². The van der Waals surface area contributed by atoms with E-state index in [1.807, 2.05) is 0 Å². The monoisotopic (exact) mass is 343 g/mol. The summed E-state index contributed by atoms with van der Waals surface area (Å²) in [5.74, 6) is -0.00118. The van der Waals surface area contributed by atoms with Crippen LogP contribution in [0.5, 0.6) is 0 Å². The highest BCUT2D eigenvalue weighted by atomic mass is 31.1. The Balaban J connectivity index is 1.99. The van der Waals surface area contributed by atoms with Crippen LogP contribution in [0.4, 0.5) is 0 Å². The molecular weight excluding hydrogens is 321 g/mol. The molecule has 0 aliphatic carbocycles. The molecule has 3 aromatic rings. The van der Waals surface area contributed by atoms with E-state index >= 15 is 0 Å². The molecule has 2 heteroatoms. The van der Waals surface area contributed by atoms with Crippen molar-refractivity contribution in [2.45, 2.75) is 25.7 Å². The first-order valence-corrected chi connectivity index (χ1v) is 10.1. The van der Waals surface area contributed by atoms with Crippen molar-refractivity contribution in [1.29, 1.82) is 5.26 Å². The van der Waals surface area contributed by atoms with Crippen LogP contribution in [0.3, 0.4) is 0 Å². The van der Waals surface area contributed by atoms with E-state index in [2.05, 4.69) is 97.9 Å². The lowest BCUT2D eigenvalue weighted by Gasteiger charge is -2.20. The normalized spacial score (nSPS) is 11.9. The third-order valence-electron chi connectivity index (χ3n) is 4.32. The van der Waals surface area contributed by atoms with Crippen molar-refractivity contribution in [2.24, 2.45) is 0 Å². The molecule has 0 fully saturated rings. The summed E-state index contributed by atoms with van der Waals surface area (Å²) in [6.45, 7) is 2.13. The SMILES string of the molecule is CCCC(C#N)c1ccc(P(c2ccccc2)c2ccccc2)cc1. The second-order valence-electron chi connectivity index (χ2n) is 6.07. The molecule has 0 amide bonds. The van der Waals surface area contributed by atoms with E-state index in [9.17, 15) is 5.26 Å². The molecule has 124 valence electrons. The fraction of sp³-hybridized carbons (Fsp3) is 0.174. The molecule has 0 bridgehead atoms. The first-order valence-electron chi connectivity index (χ1n) is 8.73. The summed E-state index contributed by atoms with van der Waals surface area (Å²) < 4.78 is 0. The molecule has 0 heterocycles. The third kappa shape index (κ3) is 4.16. The number of benzene rings is 3. The molecule has 3 aromatic carbocycles. The van der Waals surface area contributed by atoms with Crippen LogP contribution in [0, 0.1) is 11.3 Å². The smallest absolute Gasteiger partial charge is 0.0712 e. The zero-order valence-electron chi connectivity index (χ0n) is 14.5. The minimum Gasteiger partial charge on any atom is -0.198 e. The Kier molecular flexibility index (Phi) is 5.99. The number of nitrogens with zero attached hydrogens (tertiary/aromatic N) is 1. The molecule has 0 spiro atoms. The van der Waals surface area contributed by atoms with Gasteiger partial charge >= 0.3 is 0 Å². The Bertz CT molecular complexity index is 780. The molecular formula is C23H22NP. The molecule has 0 aliphatic rings. The fourth-order valence-corrected chi connectivity index (χ4v) is 5.33. The Morgan fingerprint density at radius 1 is 0.760 bits per heavy atom. The highest BCUT2D eigenvalue weighted by Gasteiger charge is 2.17. The van der Waals surface area contributed by atoms with Crippen molar-refractivity contribution in [1.82, 2.24) is 0 Å². The summed E-state index contributed by atoms with van der Waals surface area (Å²) in [5.41, 5.74) is 1.13. The average molecular weight is 343 g/mol. The Hall–Kier alpha value is -2.42. The van der Waals surface area contributed by atoms with Gasteiger partial charge in [-0.25, -0.2) is 0 Å². The molecule has 0 saturated heterocycles. The lowest BCUT2D eigenvalue weighted by molar-refractivity contribution is 0.727. The van der Waals surface area contributed by atoms with Crippen molar-refractivity contribution in [2.75, 3.05) is 0 Å². The fourth-order valence-electron chi connectivity index (χ4n) is 3.05. The molecule has 1 unspecified atom stereocenters. The molecule has 0 N–H and O–H groups in total. The average Bonchev–Trinajstić information content (AvgIpc) is 2.69. The third-order valence-corrected chi connectivity index (χ3v) is 6.76. The highest BCUT2D eigenvalue weighted by molar-refractivity contribution is 7.79. The second kappa shape index (κ2) is 8.61. The van der Waals surface area contributed by atoms with Gasteiger partial charge in [0.05, 0.1) is 12.0 Å². The van der Waals surface area contributed by atoms with Gasteiger partial charge in [-0.15, -0.1) is 0 Å². The summed E-state index contributed by atoms with van der Waals surface area (Å²) in [7, 11) is -0.573. The van der Waals surface area contributed by atoms with E-state index in [1.54, 1.807) is 0 Å². The minimum absolute atomic E-state index is 0.00118. The van der Waals surface area contributed by atoms with Crippen molar-refractivity contribution in [3.8, 4) is 6.07 Å². The van der Waals surface area contributed by atoms with E-state index in [0.717, 1.165) is 18.4 Å². The lowest BCUT2D eigenvalue weighted by Crippen LogP contribution is -2.20. The lowest BCUT2D eigenvalue weighted by atomic mass is 9.96. The number of hydrogen-bond donors (Lipinski definition) is 0. The highest BCUT2D eigenvalue weighted by Crippen LogP contribution is 2.33. The maximum absolute atomic E-state index is 9.40. The van der Waals surface area contributed by atoms with Gasteiger partial charge in [0.15, 0.2) is 0 Å². The van der Waals surface area contributed by atoms with Crippen molar-refractivity contribution >= 4 is 23.8 Å². The number of rotatable bonds is 6. The summed E-state index contributed by atoms with van der Waals surface area (Å²) in [4.78, 5) is 0. The van der Waals surface area contributed by atoms with Gasteiger partial charge in [0.2, 0.25) is 0 Å². The molecule has 3 rings (SSSR count). The van der Waals surface area contributed by atoms with E-state index in [4.69, 9.17) is 0 Å². The first kappa shape index (κ1) is 17.4. The van der Waals surface area contributed by atoms with Gasteiger partial charge in [0.1, 0.15) is 0 Å². The zero-order chi connectivity index (χ0) is 17.5. The molecule has 0 aliphatic heterocycles. The van der Waals surface area contributed by atoms with Gasteiger partial charge in [-0.2, -0.15) is 5.26 Å². The van der Waals surface area contributed by atoms with Crippen molar-refractivity contribution < 1.29 is 0 Å². The van der Waals surface area contributed by atoms with Gasteiger partial charge in [-0.3, -0.25) is 0 Å². The topological polar surface area (TPSA) is 23.8 Å². The Morgan fingerprint density at radius 2 is 1.24 bits per heavy atom. The predicted octanol–water partition coefficient (Wildman–Crippen LogP) is 4.85. The quantitative estimate of drug-likeness (QED) is 0.587. The van der Waals surface area contributed by atoms with E-state index in [-0.39, 0.29) is 5.92 Å². The maximum atomic E-state index is 9.40. The van der Waals surface area contributed by atoms with Gasteiger partial charge in [0, 0.05) is 0 Å². The first-order chi connectivity index (χ1) is 12.3. The summed E-state index contributed by atoms with van der Waals surface area (Å²) >= 11 is 0. The van der Waals surface area contributed by atoms with Crippen LogP contribution in [0.25, 0.3) is 0 Å². The molecule has 0 saturated carbocycles. The molecule has 25 heavy (non-hydrogen) atoms. The second-order valence-corrected chi connectivity index (χ2v) is 8.29. The van der Waals surface area contributed by atoms with Crippen molar-refractivity contribution in [3.05, 3.63) is 90.5 Å². The Labute approximate surface area is 151 Å². The van der Waals surface area contributed by atoms with Crippen LogP contribution >= 0.6 is 7.92 Å². The van der Waals surface area contributed by atoms with E-state index in [1.165, 1.54) is 15.9 Å². The van der Waals surface area contributed by atoms with Gasteiger partial charge in [-0.1, -0.05) is 98.3 Å². The number of nitriles is 1. The molecule has 0 radical (unpaired) electrons. The van der Waals surface area contributed by atoms with E-state index < -0.39 is 7.92 Å². The van der Waals surface area contributed by atoms with Crippen LogP contribution in [-0.4, -0.2) is 0 Å². The molecule has 0 aromatic heterocycles. The number of hydrogen-bond acceptors (Lipinski definition) is 1. The van der Waals surface area contributed by atoms with Gasteiger partial charge in [0.25, 0.3) is 0 Å². The largest absolute Gasteiger partial charge is 0.198 e. The summed E-state index contributed by atoms with van der Waals surface area (Å²) in [6, 6.07) is 32.5. The van der Waals surface area contributed by atoms with Crippen LogP contribution in [-0.2, 0) is 0 Å². The van der Waals surface area contributed by atoms with Crippen LogP contribution in [0.15, 0.2) is 84.9 Å². The molecule has 1 atom stereocenters.